The first-order chi connectivity index (χ1) is 11.1. The molecule has 23 heavy (non-hydrogen) atoms. The van der Waals surface area contributed by atoms with Crippen LogP contribution in [0.1, 0.15) is 20.3 Å². The Bertz CT molecular complexity index is 553. The van der Waals surface area contributed by atoms with Gasteiger partial charge in [0.05, 0.1) is 26.9 Å². The molecule has 1 aliphatic rings. The SMILES string of the molecule is CCOC(=O)C1C(C)CC=CC1Oc1nc(OC)cc(OC)n1. The van der Waals surface area contributed by atoms with E-state index in [1.54, 1.807) is 13.0 Å². The zero-order chi connectivity index (χ0) is 16.8. The molecule has 3 atom stereocenters. The van der Waals surface area contributed by atoms with E-state index in [0.29, 0.717) is 18.4 Å². The van der Waals surface area contributed by atoms with E-state index in [9.17, 15) is 4.79 Å². The number of ether oxygens (including phenoxy) is 4. The van der Waals surface area contributed by atoms with Crippen molar-refractivity contribution in [3.8, 4) is 17.8 Å². The molecule has 1 aromatic rings. The van der Waals surface area contributed by atoms with Gasteiger partial charge in [-0.25, -0.2) is 0 Å². The number of methoxy groups -OCH3 is 2. The van der Waals surface area contributed by atoms with Crippen LogP contribution in [0.4, 0.5) is 0 Å². The summed E-state index contributed by atoms with van der Waals surface area (Å²) in [6.45, 7) is 4.11. The highest BCUT2D eigenvalue weighted by molar-refractivity contribution is 5.74. The maximum atomic E-state index is 12.2. The van der Waals surface area contributed by atoms with Gasteiger partial charge in [0.15, 0.2) is 0 Å². The van der Waals surface area contributed by atoms with E-state index in [4.69, 9.17) is 18.9 Å². The zero-order valence-electron chi connectivity index (χ0n) is 13.8. The summed E-state index contributed by atoms with van der Waals surface area (Å²) in [5.74, 6) is 0.0845. The molecular formula is C16H22N2O5. The van der Waals surface area contributed by atoms with Crippen LogP contribution in [0.3, 0.4) is 0 Å². The molecule has 126 valence electrons. The third-order valence-corrected chi connectivity index (χ3v) is 3.68. The molecule has 2 rings (SSSR count). The van der Waals surface area contributed by atoms with Gasteiger partial charge in [0.25, 0.3) is 0 Å². The Labute approximate surface area is 135 Å². The highest BCUT2D eigenvalue weighted by Crippen LogP contribution is 2.30. The fourth-order valence-electron chi connectivity index (χ4n) is 2.50. The molecule has 0 saturated heterocycles. The highest BCUT2D eigenvalue weighted by Gasteiger charge is 2.37. The van der Waals surface area contributed by atoms with Gasteiger partial charge >= 0.3 is 12.0 Å². The van der Waals surface area contributed by atoms with Gasteiger partial charge in [0.1, 0.15) is 12.0 Å². The van der Waals surface area contributed by atoms with Crippen LogP contribution in [0, 0.1) is 11.8 Å². The average Bonchev–Trinajstić information content (AvgIpc) is 2.54. The molecule has 0 aliphatic heterocycles. The number of carbonyl (C=O) groups is 1. The second-order valence-corrected chi connectivity index (χ2v) is 5.24. The van der Waals surface area contributed by atoms with Crippen molar-refractivity contribution in [2.24, 2.45) is 11.8 Å². The van der Waals surface area contributed by atoms with Crippen LogP contribution in [-0.4, -0.2) is 42.9 Å². The lowest BCUT2D eigenvalue weighted by Crippen LogP contribution is -2.39. The largest absolute Gasteiger partial charge is 0.481 e. The molecule has 0 amide bonds. The summed E-state index contributed by atoms with van der Waals surface area (Å²) < 4.78 is 21.2. The molecular weight excluding hydrogens is 300 g/mol. The topological polar surface area (TPSA) is 79.8 Å². The second-order valence-electron chi connectivity index (χ2n) is 5.24. The van der Waals surface area contributed by atoms with Gasteiger partial charge in [-0.15, -0.1) is 0 Å². The lowest BCUT2D eigenvalue weighted by molar-refractivity contribution is -0.153. The number of hydrogen-bond acceptors (Lipinski definition) is 7. The summed E-state index contributed by atoms with van der Waals surface area (Å²) in [4.78, 5) is 20.5. The monoisotopic (exact) mass is 322 g/mol. The van der Waals surface area contributed by atoms with Crippen LogP contribution in [0.15, 0.2) is 18.2 Å². The summed E-state index contributed by atoms with van der Waals surface area (Å²) in [5, 5.41) is 0. The molecule has 0 N–H and O–H groups in total. The van der Waals surface area contributed by atoms with Gasteiger partial charge in [-0.1, -0.05) is 13.0 Å². The van der Waals surface area contributed by atoms with E-state index in [-0.39, 0.29) is 17.9 Å². The minimum atomic E-state index is -0.491. The fraction of sp³-hybridized carbons (Fsp3) is 0.562. The van der Waals surface area contributed by atoms with Crippen molar-refractivity contribution >= 4 is 5.97 Å². The minimum absolute atomic E-state index is 0.0965. The van der Waals surface area contributed by atoms with Crippen molar-refractivity contribution < 1.29 is 23.7 Å². The van der Waals surface area contributed by atoms with Crippen LogP contribution < -0.4 is 14.2 Å². The lowest BCUT2D eigenvalue weighted by atomic mass is 9.82. The predicted molar refractivity (Wildman–Crippen MR) is 82.6 cm³/mol. The van der Waals surface area contributed by atoms with E-state index >= 15 is 0 Å². The van der Waals surface area contributed by atoms with Crippen LogP contribution in [0.5, 0.6) is 17.8 Å². The third kappa shape index (κ3) is 4.12. The van der Waals surface area contributed by atoms with Gasteiger partial charge in [-0.3, -0.25) is 4.79 Å². The van der Waals surface area contributed by atoms with Gasteiger partial charge in [-0.05, 0) is 25.3 Å². The molecule has 7 nitrogen and oxygen atoms in total. The van der Waals surface area contributed by atoms with Crippen molar-refractivity contribution in [1.82, 2.24) is 9.97 Å². The molecule has 7 heteroatoms. The predicted octanol–water partition coefficient (Wildman–Crippen LogP) is 2.02. The normalized spacial score (nSPS) is 23.2. The Hall–Kier alpha value is -2.31. The molecule has 1 heterocycles. The number of esters is 1. The Morgan fingerprint density at radius 3 is 2.48 bits per heavy atom. The second kappa shape index (κ2) is 7.80. The van der Waals surface area contributed by atoms with Gasteiger partial charge in [0, 0.05) is 0 Å². The lowest BCUT2D eigenvalue weighted by Gasteiger charge is -2.30. The summed E-state index contributed by atoms with van der Waals surface area (Å²) >= 11 is 0. The van der Waals surface area contributed by atoms with Gasteiger partial charge in [-0.2, -0.15) is 9.97 Å². The first-order valence-corrected chi connectivity index (χ1v) is 7.56. The first kappa shape index (κ1) is 17.1. The molecule has 0 saturated carbocycles. The maximum Gasteiger partial charge on any atom is 0.323 e. The van der Waals surface area contributed by atoms with Crippen molar-refractivity contribution in [3.05, 3.63) is 18.2 Å². The van der Waals surface area contributed by atoms with Gasteiger partial charge in [0.2, 0.25) is 11.8 Å². The van der Waals surface area contributed by atoms with Crippen LogP contribution in [0.25, 0.3) is 0 Å². The Kier molecular flexibility index (Phi) is 5.78. The maximum absolute atomic E-state index is 12.2. The van der Waals surface area contributed by atoms with Gasteiger partial charge < -0.3 is 18.9 Å². The molecule has 3 unspecified atom stereocenters. The van der Waals surface area contributed by atoms with E-state index in [1.807, 2.05) is 19.1 Å². The number of allylic oxidation sites excluding steroid dienone is 1. The smallest absolute Gasteiger partial charge is 0.323 e. The van der Waals surface area contributed by atoms with E-state index in [1.165, 1.54) is 14.2 Å². The fourth-order valence-corrected chi connectivity index (χ4v) is 2.50. The number of aromatic nitrogens is 2. The first-order valence-electron chi connectivity index (χ1n) is 7.56. The Morgan fingerprint density at radius 2 is 1.91 bits per heavy atom. The number of rotatable bonds is 6. The molecule has 0 bridgehead atoms. The standard InChI is InChI=1S/C16H22N2O5/c1-5-22-15(19)14-10(2)7-6-8-11(14)23-16-17-12(20-3)9-13(18-16)21-4/h6,8-11,14H,5,7H2,1-4H3. The quantitative estimate of drug-likeness (QED) is 0.585. The molecule has 1 aromatic heterocycles. The van der Waals surface area contributed by atoms with E-state index < -0.39 is 12.0 Å². The third-order valence-electron chi connectivity index (χ3n) is 3.68. The van der Waals surface area contributed by atoms with Crippen molar-refractivity contribution in [2.45, 2.75) is 26.4 Å². The summed E-state index contributed by atoms with van der Waals surface area (Å²) in [7, 11) is 2.99. The Balaban J connectivity index is 2.23. The molecule has 1 aliphatic carbocycles. The molecule has 0 fully saturated rings. The van der Waals surface area contributed by atoms with Crippen molar-refractivity contribution in [1.29, 1.82) is 0 Å². The Morgan fingerprint density at radius 1 is 1.26 bits per heavy atom. The summed E-state index contributed by atoms with van der Waals surface area (Å²) in [5.41, 5.74) is 0. The number of carbonyl (C=O) groups excluding carboxylic acids is 1. The van der Waals surface area contributed by atoms with Crippen molar-refractivity contribution in [2.75, 3.05) is 20.8 Å². The van der Waals surface area contributed by atoms with E-state index in [0.717, 1.165) is 6.42 Å². The zero-order valence-corrected chi connectivity index (χ0v) is 13.8. The average molecular weight is 322 g/mol. The minimum Gasteiger partial charge on any atom is -0.481 e. The van der Waals surface area contributed by atoms with E-state index in [2.05, 4.69) is 9.97 Å². The summed E-state index contributed by atoms with van der Waals surface area (Å²) in [6.07, 6.45) is 4.14. The van der Waals surface area contributed by atoms with Crippen LogP contribution in [-0.2, 0) is 9.53 Å². The highest BCUT2D eigenvalue weighted by atomic mass is 16.5. The molecule has 0 aromatic carbocycles. The van der Waals surface area contributed by atoms with Crippen molar-refractivity contribution in [3.63, 3.8) is 0 Å². The number of nitrogens with zero attached hydrogens (tertiary/aromatic N) is 2. The van der Waals surface area contributed by atoms with Crippen LogP contribution >= 0.6 is 0 Å². The molecule has 0 spiro atoms. The molecule has 0 radical (unpaired) electrons. The number of hydrogen-bond donors (Lipinski definition) is 0. The van der Waals surface area contributed by atoms with Crippen LogP contribution in [0.2, 0.25) is 0 Å². The summed E-state index contributed by atoms with van der Waals surface area (Å²) in [6, 6.07) is 1.65.